The molecule has 5 heteroatoms. The van der Waals surface area contributed by atoms with Gasteiger partial charge in [-0.05, 0) is 57.9 Å². The van der Waals surface area contributed by atoms with E-state index in [1.807, 2.05) is 0 Å². The molecule has 144 valence electrons. The van der Waals surface area contributed by atoms with Crippen molar-refractivity contribution in [1.82, 2.24) is 20.0 Å². The Bertz CT molecular complexity index is 293. The lowest BCUT2D eigenvalue weighted by molar-refractivity contribution is 0.101. The lowest BCUT2D eigenvalue weighted by Crippen LogP contribution is -2.48. The monoisotopic (exact) mass is 342 g/mol. The van der Waals surface area contributed by atoms with Crippen molar-refractivity contribution in [3.63, 3.8) is 0 Å². The summed E-state index contributed by atoms with van der Waals surface area (Å²) in [5.74, 6) is 1.50. The minimum atomic E-state index is 0.287. The fraction of sp³-hybridized carbons (Fsp3) is 1.00. The average molecular weight is 343 g/mol. The van der Waals surface area contributed by atoms with E-state index >= 15 is 0 Å². The Kier molecular flexibility index (Phi) is 11.9. The summed E-state index contributed by atoms with van der Waals surface area (Å²) in [6.45, 7) is 18.4. The molecule has 0 aromatic carbocycles. The Hall–Kier alpha value is -0.200. The fourth-order valence-corrected chi connectivity index (χ4v) is 3.29. The Labute approximate surface area is 150 Å². The Balaban J connectivity index is 2.01. The van der Waals surface area contributed by atoms with Crippen LogP contribution in [0, 0.1) is 11.8 Å². The van der Waals surface area contributed by atoms with Crippen molar-refractivity contribution in [2.75, 3.05) is 79.1 Å². The molecule has 0 aromatic rings. The van der Waals surface area contributed by atoms with Gasteiger partial charge in [0.05, 0.1) is 6.61 Å². The van der Waals surface area contributed by atoms with E-state index in [-0.39, 0.29) is 6.61 Å². The molecule has 1 unspecified atom stereocenters. The van der Waals surface area contributed by atoms with Crippen LogP contribution in [0.2, 0.25) is 0 Å². The Morgan fingerprint density at radius 1 is 1.04 bits per heavy atom. The molecule has 24 heavy (non-hydrogen) atoms. The van der Waals surface area contributed by atoms with E-state index in [0.29, 0.717) is 0 Å². The zero-order chi connectivity index (χ0) is 17.8. The summed E-state index contributed by atoms with van der Waals surface area (Å²) in [5, 5.41) is 12.5. The maximum atomic E-state index is 9.00. The molecular weight excluding hydrogens is 300 g/mol. The van der Waals surface area contributed by atoms with Gasteiger partial charge >= 0.3 is 0 Å². The van der Waals surface area contributed by atoms with Crippen molar-refractivity contribution in [2.45, 2.75) is 33.6 Å². The average Bonchev–Trinajstić information content (AvgIpc) is 2.54. The largest absolute Gasteiger partial charge is 0.395 e. The van der Waals surface area contributed by atoms with Gasteiger partial charge in [0.15, 0.2) is 0 Å². The second kappa shape index (κ2) is 13.1. The van der Waals surface area contributed by atoms with Crippen LogP contribution in [0.5, 0.6) is 0 Å². The molecule has 1 aliphatic heterocycles. The van der Waals surface area contributed by atoms with Gasteiger partial charge in [-0.2, -0.15) is 0 Å². The summed E-state index contributed by atoms with van der Waals surface area (Å²) in [5.41, 5.74) is 0. The molecule has 1 rings (SSSR count). The molecule has 2 N–H and O–H groups in total. The van der Waals surface area contributed by atoms with Gasteiger partial charge in [0.2, 0.25) is 0 Å². The highest BCUT2D eigenvalue weighted by molar-refractivity contribution is 4.73. The van der Waals surface area contributed by atoms with Gasteiger partial charge in [-0.1, -0.05) is 20.8 Å². The molecule has 1 aliphatic rings. The summed E-state index contributed by atoms with van der Waals surface area (Å²) in [6, 6.07) is 0. The smallest absolute Gasteiger partial charge is 0.0558 e. The number of nitrogens with zero attached hydrogens (tertiary/aromatic N) is 3. The van der Waals surface area contributed by atoms with E-state index < -0.39 is 0 Å². The number of aliphatic hydroxyl groups is 1. The van der Waals surface area contributed by atoms with Gasteiger partial charge < -0.3 is 20.2 Å². The maximum Gasteiger partial charge on any atom is 0.0558 e. The third-order valence-electron chi connectivity index (χ3n) is 4.90. The van der Waals surface area contributed by atoms with Crippen LogP contribution < -0.4 is 5.32 Å². The third kappa shape index (κ3) is 10.6. The normalized spacial score (nSPS) is 18.6. The molecule has 0 saturated carbocycles. The van der Waals surface area contributed by atoms with E-state index in [4.69, 9.17) is 5.11 Å². The van der Waals surface area contributed by atoms with Crippen molar-refractivity contribution in [2.24, 2.45) is 11.8 Å². The van der Waals surface area contributed by atoms with Crippen LogP contribution in [0.1, 0.15) is 33.6 Å². The highest BCUT2D eigenvalue weighted by Gasteiger charge is 2.18. The molecule has 0 aromatic heterocycles. The van der Waals surface area contributed by atoms with Crippen molar-refractivity contribution in [3.8, 4) is 0 Å². The van der Waals surface area contributed by atoms with E-state index in [1.165, 1.54) is 32.5 Å². The highest BCUT2D eigenvalue weighted by Crippen LogP contribution is 2.09. The first-order valence-electron chi connectivity index (χ1n) is 9.96. The number of hydrogen-bond donors (Lipinski definition) is 2. The summed E-state index contributed by atoms with van der Waals surface area (Å²) in [7, 11) is 2.25. The second-order valence-corrected chi connectivity index (χ2v) is 8.01. The van der Waals surface area contributed by atoms with Crippen LogP contribution in [-0.4, -0.2) is 98.9 Å². The van der Waals surface area contributed by atoms with Gasteiger partial charge in [0.25, 0.3) is 0 Å². The van der Waals surface area contributed by atoms with Crippen LogP contribution in [-0.2, 0) is 0 Å². The SMILES string of the molecule is CC(C)CNCCCN(C)CCC(C)CN1CCN(CCO)CC1. The fourth-order valence-electron chi connectivity index (χ4n) is 3.29. The maximum absolute atomic E-state index is 9.00. The van der Waals surface area contributed by atoms with E-state index in [0.717, 1.165) is 57.6 Å². The summed E-state index contributed by atoms with van der Waals surface area (Å²) >= 11 is 0. The molecule has 0 radical (unpaired) electrons. The van der Waals surface area contributed by atoms with Gasteiger partial charge in [-0.3, -0.25) is 4.90 Å². The van der Waals surface area contributed by atoms with Crippen molar-refractivity contribution in [3.05, 3.63) is 0 Å². The van der Waals surface area contributed by atoms with E-state index in [1.54, 1.807) is 0 Å². The predicted octanol–water partition coefficient (Wildman–Crippen LogP) is 1.19. The lowest BCUT2D eigenvalue weighted by Gasteiger charge is -2.35. The Morgan fingerprint density at radius 2 is 1.71 bits per heavy atom. The zero-order valence-electron chi connectivity index (χ0n) is 16.6. The zero-order valence-corrected chi connectivity index (χ0v) is 16.6. The summed E-state index contributed by atoms with van der Waals surface area (Å²) in [4.78, 5) is 7.43. The van der Waals surface area contributed by atoms with Crippen LogP contribution >= 0.6 is 0 Å². The first-order valence-corrected chi connectivity index (χ1v) is 9.96. The lowest BCUT2D eigenvalue weighted by atomic mass is 10.1. The van der Waals surface area contributed by atoms with Gasteiger partial charge in [0, 0.05) is 39.3 Å². The molecular formula is C19H42N4O. The van der Waals surface area contributed by atoms with E-state index in [9.17, 15) is 0 Å². The summed E-state index contributed by atoms with van der Waals surface area (Å²) < 4.78 is 0. The minimum absolute atomic E-state index is 0.287. The number of rotatable bonds is 13. The molecule has 1 fully saturated rings. The molecule has 1 atom stereocenters. The molecule has 1 heterocycles. The Morgan fingerprint density at radius 3 is 2.33 bits per heavy atom. The highest BCUT2D eigenvalue weighted by atomic mass is 16.3. The van der Waals surface area contributed by atoms with Crippen molar-refractivity contribution >= 4 is 0 Å². The number of hydrogen-bond acceptors (Lipinski definition) is 5. The predicted molar refractivity (Wildman–Crippen MR) is 104 cm³/mol. The number of nitrogens with one attached hydrogen (secondary N) is 1. The summed E-state index contributed by atoms with van der Waals surface area (Å²) in [6.07, 6.45) is 2.52. The van der Waals surface area contributed by atoms with Crippen molar-refractivity contribution in [1.29, 1.82) is 0 Å². The quantitative estimate of drug-likeness (QED) is 0.492. The minimum Gasteiger partial charge on any atom is -0.395 e. The molecule has 0 aliphatic carbocycles. The molecule has 0 amide bonds. The number of piperazine rings is 1. The molecule has 1 saturated heterocycles. The molecule has 0 spiro atoms. The number of aliphatic hydroxyl groups excluding tert-OH is 1. The standard InChI is InChI=1S/C19H42N4O/c1-18(2)16-20-7-5-8-21(4)9-6-19(3)17-23-12-10-22(11-13-23)14-15-24/h18-20,24H,5-17H2,1-4H3. The van der Waals surface area contributed by atoms with Gasteiger partial charge in [-0.25, -0.2) is 0 Å². The second-order valence-electron chi connectivity index (χ2n) is 8.01. The first-order chi connectivity index (χ1) is 11.5. The van der Waals surface area contributed by atoms with Crippen LogP contribution in [0.3, 0.4) is 0 Å². The van der Waals surface area contributed by atoms with Crippen LogP contribution in [0.4, 0.5) is 0 Å². The molecule has 0 bridgehead atoms. The molecule has 5 nitrogen and oxygen atoms in total. The third-order valence-corrected chi connectivity index (χ3v) is 4.90. The number of β-amino-alcohol motifs (C(OH)–C–C–N with tert-alkyl or cyclic N) is 1. The first kappa shape index (κ1) is 21.8. The van der Waals surface area contributed by atoms with Crippen LogP contribution in [0.25, 0.3) is 0 Å². The van der Waals surface area contributed by atoms with Gasteiger partial charge in [0.1, 0.15) is 0 Å². The van der Waals surface area contributed by atoms with Gasteiger partial charge in [-0.15, -0.1) is 0 Å². The van der Waals surface area contributed by atoms with E-state index in [2.05, 4.69) is 47.8 Å². The van der Waals surface area contributed by atoms with Crippen molar-refractivity contribution < 1.29 is 5.11 Å². The van der Waals surface area contributed by atoms with Crippen LogP contribution in [0.15, 0.2) is 0 Å². The topological polar surface area (TPSA) is 42.0 Å².